The molecule has 0 fully saturated rings. The summed E-state index contributed by atoms with van der Waals surface area (Å²) in [5, 5.41) is 5.71. The van der Waals surface area contributed by atoms with Gasteiger partial charge in [0.05, 0.1) is 10.1 Å². The van der Waals surface area contributed by atoms with Crippen LogP contribution in [-0.2, 0) is 10.1 Å². The summed E-state index contributed by atoms with van der Waals surface area (Å²) >= 11 is 0. The van der Waals surface area contributed by atoms with Gasteiger partial charge in [0.25, 0.3) is 0 Å². The van der Waals surface area contributed by atoms with Gasteiger partial charge in [-0.25, -0.2) is 13.2 Å². The van der Waals surface area contributed by atoms with Crippen molar-refractivity contribution in [3.63, 3.8) is 0 Å². The zero-order valence-corrected chi connectivity index (χ0v) is 19.4. The predicted octanol–water partition coefficient (Wildman–Crippen LogP) is 0.702. The summed E-state index contributed by atoms with van der Waals surface area (Å²) in [5.41, 5.74) is 0. The van der Waals surface area contributed by atoms with Crippen LogP contribution in [0.5, 0.6) is 0 Å². The Kier molecular flexibility index (Phi) is 21.3. The zero-order chi connectivity index (χ0) is 18.8. The molecule has 0 spiro atoms. The number of carbonyl (C=O) groups is 1. The number of hydrogen-bond donors (Lipinski definition) is 2. The van der Waals surface area contributed by atoms with Gasteiger partial charge in [-0.1, -0.05) is 44.8 Å². The maximum Gasteiger partial charge on any atom is 1.00 e. The zero-order valence-electron chi connectivity index (χ0n) is 16.6. The second-order valence-corrected chi connectivity index (χ2v) is 7.85. The molecule has 148 valence electrons. The van der Waals surface area contributed by atoms with Crippen molar-refractivity contribution < 1.29 is 47.3 Å². The van der Waals surface area contributed by atoms with Gasteiger partial charge in [0.15, 0.2) is 0 Å². The monoisotopic (exact) mass is 398 g/mol. The van der Waals surface area contributed by atoms with Crippen LogP contribution in [0.4, 0.5) is 4.79 Å². The number of rotatable bonds is 16. The van der Waals surface area contributed by atoms with Gasteiger partial charge in [0.2, 0.25) is 0 Å². The van der Waals surface area contributed by atoms with Crippen molar-refractivity contribution in [1.29, 1.82) is 0 Å². The van der Waals surface area contributed by atoms with E-state index in [1.165, 1.54) is 0 Å². The molecule has 2 N–H and O–H groups in total. The molecule has 0 saturated heterocycles. The molecular weight excluding hydrogens is 363 g/mol. The molecule has 0 atom stereocenters. The molecule has 8 heteroatoms. The third-order valence-electron chi connectivity index (χ3n) is 3.83. The fraction of sp³-hybridized carbons (Fsp3) is 0.833. The largest absolute Gasteiger partial charge is 1.00 e. The van der Waals surface area contributed by atoms with E-state index >= 15 is 0 Å². The van der Waals surface area contributed by atoms with Crippen molar-refractivity contribution in [3.05, 3.63) is 12.2 Å². The molecule has 2 amide bonds. The first-order valence-corrected chi connectivity index (χ1v) is 11.1. The molecule has 0 unspecified atom stereocenters. The third-order valence-corrected chi connectivity index (χ3v) is 4.62. The van der Waals surface area contributed by atoms with Crippen LogP contribution in [0.1, 0.15) is 77.6 Å². The molecule has 0 aromatic carbocycles. The topological polar surface area (TPSA) is 98.3 Å². The van der Waals surface area contributed by atoms with Crippen molar-refractivity contribution in [2.75, 3.05) is 18.8 Å². The SMILES string of the molecule is CCCCCNC(=O)NCCCC/C=C\CCCCCCS(=O)(=O)[O-].[Na+]. The Labute approximate surface area is 182 Å². The summed E-state index contributed by atoms with van der Waals surface area (Å²) in [6, 6.07) is -0.0728. The van der Waals surface area contributed by atoms with Crippen LogP contribution in [0.2, 0.25) is 0 Å². The van der Waals surface area contributed by atoms with E-state index in [-0.39, 0.29) is 41.3 Å². The summed E-state index contributed by atoms with van der Waals surface area (Å²) in [7, 11) is -4.04. The van der Waals surface area contributed by atoms with Crippen LogP contribution in [0.3, 0.4) is 0 Å². The Morgan fingerprint density at radius 1 is 0.846 bits per heavy atom. The van der Waals surface area contributed by atoms with E-state index in [9.17, 15) is 17.8 Å². The van der Waals surface area contributed by atoms with E-state index in [0.29, 0.717) is 13.0 Å². The van der Waals surface area contributed by atoms with Crippen LogP contribution in [0.15, 0.2) is 12.2 Å². The van der Waals surface area contributed by atoms with Crippen LogP contribution < -0.4 is 40.2 Å². The average Bonchev–Trinajstić information content (AvgIpc) is 2.55. The van der Waals surface area contributed by atoms with Gasteiger partial charge in [0.1, 0.15) is 0 Å². The van der Waals surface area contributed by atoms with Crippen molar-refractivity contribution in [1.82, 2.24) is 10.6 Å². The molecule has 0 aliphatic heterocycles. The maximum atomic E-state index is 11.5. The first-order chi connectivity index (χ1) is 12.0. The van der Waals surface area contributed by atoms with Gasteiger partial charge >= 0.3 is 35.6 Å². The number of unbranched alkanes of at least 4 members (excludes halogenated alkanes) is 8. The third kappa shape index (κ3) is 23.9. The summed E-state index contributed by atoms with van der Waals surface area (Å²) < 4.78 is 31.3. The minimum Gasteiger partial charge on any atom is -0.748 e. The van der Waals surface area contributed by atoms with E-state index in [1.807, 2.05) is 0 Å². The van der Waals surface area contributed by atoms with Gasteiger partial charge in [-0.3, -0.25) is 0 Å². The first kappa shape index (κ1) is 28.1. The second-order valence-electron chi connectivity index (χ2n) is 6.32. The summed E-state index contributed by atoms with van der Waals surface area (Å²) in [4.78, 5) is 11.5. The smallest absolute Gasteiger partial charge is 0.748 e. The molecule has 0 aliphatic rings. The summed E-state index contributed by atoms with van der Waals surface area (Å²) in [6.07, 6.45) is 14.9. The number of allylic oxidation sites excluding steroid dienone is 2. The molecule has 0 saturated carbocycles. The van der Waals surface area contributed by atoms with E-state index in [2.05, 4.69) is 29.7 Å². The van der Waals surface area contributed by atoms with Crippen molar-refractivity contribution in [2.45, 2.75) is 77.6 Å². The van der Waals surface area contributed by atoms with Gasteiger partial charge in [-0.05, 0) is 44.9 Å². The second kappa shape index (κ2) is 19.7. The number of carbonyl (C=O) groups excluding carboxylic acids is 1. The fourth-order valence-corrected chi connectivity index (χ4v) is 2.92. The van der Waals surface area contributed by atoms with Gasteiger partial charge in [-0.15, -0.1) is 0 Å². The minimum atomic E-state index is -4.04. The van der Waals surface area contributed by atoms with Gasteiger partial charge in [0, 0.05) is 18.8 Å². The maximum absolute atomic E-state index is 11.5. The fourth-order valence-electron chi connectivity index (χ4n) is 2.36. The summed E-state index contributed by atoms with van der Waals surface area (Å²) in [5.74, 6) is -0.242. The molecule has 26 heavy (non-hydrogen) atoms. The Balaban J connectivity index is 0. The molecule has 0 aliphatic carbocycles. The Hall–Kier alpha value is -0.0800. The van der Waals surface area contributed by atoms with Crippen molar-refractivity contribution in [3.8, 4) is 0 Å². The molecule has 0 heterocycles. The molecule has 6 nitrogen and oxygen atoms in total. The Morgan fingerprint density at radius 2 is 1.35 bits per heavy atom. The quantitative estimate of drug-likeness (QED) is 0.173. The van der Waals surface area contributed by atoms with E-state index in [4.69, 9.17) is 0 Å². The molecule has 0 radical (unpaired) electrons. The molecule has 0 aromatic rings. The van der Waals surface area contributed by atoms with Crippen LogP contribution >= 0.6 is 0 Å². The molecule has 0 bridgehead atoms. The Morgan fingerprint density at radius 3 is 1.88 bits per heavy atom. The predicted molar refractivity (Wildman–Crippen MR) is 102 cm³/mol. The number of amides is 2. The van der Waals surface area contributed by atoms with Crippen LogP contribution in [-0.4, -0.2) is 37.8 Å². The van der Waals surface area contributed by atoms with E-state index < -0.39 is 10.1 Å². The number of urea groups is 1. The number of nitrogens with one attached hydrogen (secondary N) is 2. The van der Waals surface area contributed by atoms with Gasteiger partial charge in [-0.2, -0.15) is 0 Å². The normalized spacial score (nSPS) is 11.3. The van der Waals surface area contributed by atoms with Crippen LogP contribution in [0, 0.1) is 0 Å². The molecular formula is C18H35N2NaO4S. The van der Waals surface area contributed by atoms with Crippen molar-refractivity contribution in [2.24, 2.45) is 0 Å². The van der Waals surface area contributed by atoms with Crippen LogP contribution in [0.25, 0.3) is 0 Å². The van der Waals surface area contributed by atoms with Gasteiger partial charge < -0.3 is 15.2 Å². The minimum absolute atomic E-state index is 0. The first-order valence-electron chi connectivity index (χ1n) is 9.56. The molecule has 0 aromatic heterocycles. The standard InChI is InChI=1S/C18H36N2O4S.Na/c1-2-3-12-15-19-18(21)20-16-13-10-8-6-4-5-7-9-11-14-17-25(22,23)24;/h4,6H,2-3,5,7-17H2,1H3,(H2,19,20,21)(H,22,23,24);/q;+1/p-1/b6-4-;. The summed E-state index contributed by atoms with van der Waals surface area (Å²) in [6.45, 7) is 3.59. The Bertz CT molecular complexity index is 456. The van der Waals surface area contributed by atoms with E-state index in [0.717, 1.165) is 70.8 Å². The van der Waals surface area contributed by atoms with E-state index in [1.54, 1.807) is 0 Å². The molecule has 0 rings (SSSR count). The average molecular weight is 399 g/mol. The number of hydrogen-bond acceptors (Lipinski definition) is 4. The van der Waals surface area contributed by atoms with Crippen molar-refractivity contribution >= 4 is 16.1 Å².